The second-order valence-corrected chi connectivity index (χ2v) is 9.34. The zero-order chi connectivity index (χ0) is 19.0. The van der Waals surface area contributed by atoms with Crippen molar-refractivity contribution in [1.82, 2.24) is 4.90 Å². The van der Waals surface area contributed by atoms with E-state index in [4.69, 9.17) is 4.74 Å². The Labute approximate surface area is 171 Å². The van der Waals surface area contributed by atoms with E-state index in [-0.39, 0.29) is 17.3 Å². The third-order valence-corrected chi connectivity index (χ3v) is 8.24. The molecule has 2 aromatic carbocycles. The van der Waals surface area contributed by atoms with Crippen LogP contribution in [0.15, 0.2) is 60.7 Å². The first-order valence-electron chi connectivity index (χ1n) is 8.89. The Kier molecular flexibility index (Phi) is 5.03. The van der Waals surface area contributed by atoms with Crippen LogP contribution in [0.2, 0.25) is 0 Å². The summed E-state index contributed by atoms with van der Waals surface area (Å²) in [5, 5.41) is 0.691. The molecule has 1 amide bonds. The predicted molar refractivity (Wildman–Crippen MR) is 110 cm³/mol. The number of carbonyl (C=O) groups is 2. The van der Waals surface area contributed by atoms with E-state index in [1.165, 1.54) is 0 Å². The molecule has 0 radical (unpaired) electrons. The number of amides is 1. The van der Waals surface area contributed by atoms with Crippen molar-refractivity contribution in [2.24, 2.45) is 0 Å². The maximum Gasteiger partial charge on any atom is 0.331 e. The highest BCUT2D eigenvalue weighted by atomic mass is 79.9. The number of alkyl halides is 1. The second-order valence-electron chi connectivity index (χ2n) is 7.06. The van der Waals surface area contributed by atoms with Crippen molar-refractivity contribution >= 4 is 39.6 Å². The predicted octanol–water partition coefficient (Wildman–Crippen LogP) is 4.15. The summed E-state index contributed by atoms with van der Waals surface area (Å²) in [6.07, 6.45) is -0.00224. The molecule has 0 saturated carbocycles. The molecule has 2 saturated heterocycles. The number of fused-ring (bicyclic) bond motifs is 1. The molecule has 140 valence electrons. The summed E-state index contributed by atoms with van der Waals surface area (Å²) >= 11 is 5.21. The van der Waals surface area contributed by atoms with Crippen LogP contribution in [0.1, 0.15) is 30.6 Å². The number of halogens is 1. The highest BCUT2D eigenvalue weighted by Gasteiger charge is 2.60. The fourth-order valence-corrected chi connectivity index (χ4v) is 6.02. The lowest BCUT2D eigenvalue weighted by atomic mass is 9.97. The molecule has 0 bridgehead atoms. The summed E-state index contributed by atoms with van der Waals surface area (Å²) in [5.41, 5.74) is 1.82. The number of carbonyl (C=O) groups excluding carboxylic acids is 2. The maximum atomic E-state index is 13.3. The number of nitrogens with zero attached hydrogens (tertiary/aromatic N) is 1. The fraction of sp³-hybridized carbons (Fsp3) is 0.333. The van der Waals surface area contributed by atoms with Gasteiger partial charge in [-0.2, -0.15) is 0 Å². The SMILES string of the molecule is C[C@@]1(CBr)S[C@H]2CC(=O)N2[C@H]1C(=O)OC(c1ccccc1)c1ccccc1. The Bertz CT molecular complexity index is 808. The largest absolute Gasteiger partial charge is 0.451 e. The molecular formula is C21H20BrNO3S. The van der Waals surface area contributed by atoms with Crippen LogP contribution < -0.4 is 0 Å². The van der Waals surface area contributed by atoms with Gasteiger partial charge in [-0.3, -0.25) is 4.79 Å². The fourth-order valence-electron chi connectivity index (χ4n) is 3.71. The van der Waals surface area contributed by atoms with Crippen molar-refractivity contribution in [2.45, 2.75) is 35.6 Å². The summed E-state index contributed by atoms with van der Waals surface area (Å²) in [6, 6.07) is 18.8. The molecule has 27 heavy (non-hydrogen) atoms. The van der Waals surface area contributed by atoms with Crippen LogP contribution in [0.5, 0.6) is 0 Å². The van der Waals surface area contributed by atoms with E-state index in [2.05, 4.69) is 15.9 Å². The van der Waals surface area contributed by atoms with Gasteiger partial charge in [0.15, 0.2) is 6.10 Å². The van der Waals surface area contributed by atoms with E-state index in [1.54, 1.807) is 16.7 Å². The van der Waals surface area contributed by atoms with Crippen LogP contribution in [0, 0.1) is 0 Å². The first kappa shape index (κ1) is 18.6. The highest BCUT2D eigenvalue weighted by Crippen LogP contribution is 2.52. The quantitative estimate of drug-likeness (QED) is 0.394. The number of rotatable bonds is 5. The van der Waals surface area contributed by atoms with Gasteiger partial charge in [0, 0.05) is 5.33 Å². The standard InChI is InChI=1S/C21H20BrNO3S/c1-21(13-22)19(23-16(24)12-17(23)27-21)20(25)26-18(14-8-4-2-5-9-14)15-10-6-3-7-11-15/h2-11,17-19H,12-13H2,1H3/t17-,19-,21-/m0/s1. The summed E-state index contributed by atoms with van der Waals surface area (Å²) < 4.78 is 5.64. The van der Waals surface area contributed by atoms with Gasteiger partial charge in [0.05, 0.1) is 16.5 Å². The van der Waals surface area contributed by atoms with Gasteiger partial charge < -0.3 is 9.64 Å². The van der Waals surface area contributed by atoms with Crippen LogP contribution in [0.3, 0.4) is 0 Å². The van der Waals surface area contributed by atoms with Crippen molar-refractivity contribution in [3.8, 4) is 0 Å². The van der Waals surface area contributed by atoms with E-state index < -0.39 is 16.9 Å². The number of β-lactam (4-membered cyclic amide) rings is 1. The van der Waals surface area contributed by atoms with Crippen LogP contribution in [0.25, 0.3) is 0 Å². The molecule has 0 unspecified atom stereocenters. The average molecular weight is 446 g/mol. The van der Waals surface area contributed by atoms with Gasteiger partial charge in [-0.1, -0.05) is 76.6 Å². The first-order chi connectivity index (χ1) is 13.0. The second kappa shape index (κ2) is 7.32. The first-order valence-corrected chi connectivity index (χ1v) is 10.9. The number of thioether (sulfide) groups is 1. The molecule has 0 aliphatic carbocycles. The van der Waals surface area contributed by atoms with Gasteiger partial charge in [-0.05, 0) is 18.1 Å². The molecule has 0 N–H and O–H groups in total. The van der Waals surface area contributed by atoms with Crippen molar-refractivity contribution in [3.63, 3.8) is 0 Å². The summed E-state index contributed by atoms with van der Waals surface area (Å²) in [5.74, 6) is -0.326. The lowest BCUT2D eigenvalue weighted by Crippen LogP contribution is -2.58. The molecule has 6 heteroatoms. The summed E-state index contributed by atoms with van der Waals surface area (Å²) in [6.45, 7) is 2.02. The molecule has 2 fully saturated rings. The molecule has 2 aromatic rings. The number of ether oxygens (including phenoxy) is 1. The van der Waals surface area contributed by atoms with E-state index in [9.17, 15) is 9.59 Å². The van der Waals surface area contributed by atoms with Crippen LogP contribution in [-0.2, 0) is 14.3 Å². The third kappa shape index (κ3) is 3.29. The van der Waals surface area contributed by atoms with Gasteiger partial charge >= 0.3 is 5.97 Å². The molecule has 2 heterocycles. The van der Waals surface area contributed by atoms with Gasteiger partial charge in [0.2, 0.25) is 5.91 Å². The normalized spacial score (nSPS) is 26.6. The van der Waals surface area contributed by atoms with E-state index in [0.717, 1.165) is 11.1 Å². The summed E-state index contributed by atoms with van der Waals surface area (Å²) in [7, 11) is 0. The van der Waals surface area contributed by atoms with Crippen LogP contribution in [0.4, 0.5) is 0 Å². The third-order valence-electron chi connectivity index (χ3n) is 5.14. The Hall–Kier alpha value is -1.79. The number of benzene rings is 2. The van der Waals surface area contributed by atoms with Crippen molar-refractivity contribution < 1.29 is 14.3 Å². The average Bonchev–Trinajstić information content (AvgIpc) is 2.95. The van der Waals surface area contributed by atoms with Crippen molar-refractivity contribution in [2.75, 3.05) is 5.33 Å². The molecule has 2 aliphatic heterocycles. The molecule has 0 aromatic heterocycles. The number of hydrogen-bond donors (Lipinski definition) is 0. The van der Waals surface area contributed by atoms with Crippen molar-refractivity contribution in [1.29, 1.82) is 0 Å². The minimum Gasteiger partial charge on any atom is -0.451 e. The Morgan fingerprint density at radius 1 is 1.19 bits per heavy atom. The zero-order valence-corrected chi connectivity index (χ0v) is 17.3. The monoisotopic (exact) mass is 445 g/mol. The number of hydrogen-bond acceptors (Lipinski definition) is 4. The molecule has 4 rings (SSSR count). The Balaban J connectivity index is 1.65. The molecular weight excluding hydrogens is 426 g/mol. The Morgan fingerprint density at radius 2 is 1.74 bits per heavy atom. The van der Waals surface area contributed by atoms with Gasteiger partial charge in [0.1, 0.15) is 6.04 Å². The van der Waals surface area contributed by atoms with Gasteiger partial charge in [-0.25, -0.2) is 4.79 Å². The lowest BCUT2D eigenvalue weighted by Gasteiger charge is -2.38. The maximum absolute atomic E-state index is 13.3. The van der Waals surface area contributed by atoms with Crippen molar-refractivity contribution in [3.05, 3.63) is 71.8 Å². The molecule has 2 aliphatic rings. The van der Waals surface area contributed by atoms with Gasteiger partial charge in [0.25, 0.3) is 0 Å². The van der Waals surface area contributed by atoms with E-state index in [0.29, 0.717) is 11.8 Å². The van der Waals surface area contributed by atoms with Crippen LogP contribution in [-0.4, -0.2) is 38.3 Å². The highest BCUT2D eigenvalue weighted by molar-refractivity contribution is 9.09. The molecule has 3 atom stereocenters. The van der Waals surface area contributed by atoms with E-state index >= 15 is 0 Å². The topological polar surface area (TPSA) is 46.6 Å². The molecule has 0 spiro atoms. The zero-order valence-electron chi connectivity index (χ0n) is 14.9. The minimum absolute atomic E-state index is 0.0232. The summed E-state index contributed by atoms with van der Waals surface area (Å²) in [4.78, 5) is 27.1. The Morgan fingerprint density at radius 3 is 2.22 bits per heavy atom. The number of esters is 1. The smallest absolute Gasteiger partial charge is 0.331 e. The van der Waals surface area contributed by atoms with Gasteiger partial charge in [-0.15, -0.1) is 11.8 Å². The molecule has 4 nitrogen and oxygen atoms in total. The minimum atomic E-state index is -0.581. The van der Waals surface area contributed by atoms with Crippen LogP contribution >= 0.6 is 27.7 Å². The van der Waals surface area contributed by atoms with E-state index in [1.807, 2.05) is 67.6 Å². The lowest BCUT2D eigenvalue weighted by molar-refractivity contribution is -0.164.